The molecule has 0 bridgehead atoms. The minimum Gasteiger partial charge on any atom is -0.304 e. The van der Waals surface area contributed by atoms with E-state index in [0.29, 0.717) is 0 Å². The average molecular weight is 619 g/mol. The normalized spacial score (nSPS) is 14.0. The van der Waals surface area contributed by atoms with Crippen LogP contribution in [0.4, 0.5) is 0 Å². The van der Waals surface area contributed by atoms with Crippen LogP contribution >= 0.6 is 0 Å². The molecule has 0 aliphatic heterocycles. The Hall–Kier alpha value is -2.80. The van der Waals surface area contributed by atoms with E-state index in [9.17, 15) is 0 Å². The quantitative estimate of drug-likeness (QED) is 0.172. The predicted octanol–water partition coefficient (Wildman–Crippen LogP) is 8.46. The van der Waals surface area contributed by atoms with Gasteiger partial charge in [-0.3, -0.25) is 0 Å². The van der Waals surface area contributed by atoms with E-state index in [1.807, 2.05) is 6.20 Å². The van der Waals surface area contributed by atoms with E-state index in [0.717, 1.165) is 11.3 Å². The van der Waals surface area contributed by atoms with Crippen molar-refractivity contribution in [3.8, 4) is 22.4 Å². The summed E-state index contributed by atoms with van der Waals surface area (Å²) >= 11 is 0. The zero-order valence-electron chi connectivity index (χ0n) is 20.3. The third-order valence-corrected chi connectivity index (χ3v) is 7.32. The Labute approximate surface area is 215 Å². The third kappa shape index (κ3) is 3.44. The van der Waals surface area contributed by atoms with Crippen LogP contribution in [0.2, 0.25) is 0 Å². The maximum absolute atomic E-state index is 4.92. The maximum Gasteiger partial charge on any atom is 0.0167 e. The van der Waals surface area contributed by atoms with Gasteiger partial charge in [0.2, 0.25) is 0 Å². The molecule has 1 aliphatic rings. The van der Waals surface area contributed by atoms with Crippen molar-refractivity contribution in [3.05, 3.63) is 102 Å². The summed E-state index contributed by atoms with van der Waals surface area (Å²) in [5, 5.41) is 5.03. The molecular formula is C32H28IrN-. The predicted molar refractivity (Wildman–Crippen MR) is 140 cm³/mol. The molecule has 1 aromatic heterocycles. The van der Waals surface area contributed by atoms with Crippen molar-refractivity contribution in [2.75, 3.05) is 0 Å². The summed E-state index contributed by atoms with van der Waals surface area (Å²) in [4.78, 5) is 4.92. The van der Waals surface area contributed by atoms with E-state index in [4.69, 9.17) is 4.98 Å². The molecule has 0 amide bonds. The van der Waals surface area contributed by atoms with Crippen LogP contribution in [0.3, 0.4) is 0 Å². The van der Waals surface area contributed by atoms with Gasteiger partial charge in [0.15, 0.2) is 0 Å². The fourth-order valence-electron chi connectivity index (χ4n) is 5.43. The van der Waals surface area contributed by atoms with Crippen LogP contribution in [0.1, 0.15) is 51.3 Å². The molecule has 0 saturated heterocycles. The number of pyridine rings is 1. The summed E-state index contributed by atoms with van der Waals surface area (Å²) in [5.41, 5.74) is 8.74. The van der Waals surface area contributed by atoms with Gasteiger partial charge in [-0.15, -0.1) is 29.1 Å². The Morgan fingerprint density at radius 1 is 0.765 bits per heavy atom. The van der Waals surface area contributed by atoms with Crippen molar-refractivity contribution in [3.63, 3.8) is 0 Å². The van der Waals surface area contributed by atoms with E-state index >= 15 is 0 Å². The second-order valence-electron chi connectivity index (χ2n) is 10.9. The molecule has 0 N–H and O–H groups in total. The second-order valence-corrected chi connectivity index (χ2v) is 10.9. The van der Waals surface area contributed by atoms with Crippen molar-refractivity contribution >= 4 is 21.5 Å². The Morgan fingerprint density at radius 2 is 1.50 bits per heavy atom. The Balaban J connectivity index is 0.00000241. The van der Waals surface area contributed by atoms with E-state index in [1.165, 1.54) is 49.4 Å². The zero-order chi connectivity index (χ0) is 23.0. The summed E-state index contributed by atoms with van der Waals surface area (Å²) in [6.45, 7) is 11.4. The molecule has 34 heavy (non-hydrogen) atoms. The van der Waals surface area contributed by atoms with E-state index in [1.54, 1.807) is 0 Å². The molecule has 1 aliphatic carbocycles. The molecule has 1 nitrogen and oxygen atoms in total. The first-order valence-electron chi connectivity index (χ1n) is 11.7. The largest absolute Gasteiger partial charge is 0.304 e. The number of nitrogens with zero attached hydrogens (tertiary/aromatic N) is 1. The van der Waals surface area contributed by atoms with Gasteiger partial charge >= 0.3 is 0 Å². The van der Waals surface area contributed by atoms with E-state index in [2.05, 4.69) is 113 Å². The van der Waals surface area contributed by atoms with Crippen molar-refractivity contribution in [2.45, 2.75) is 45.4 Å². The van der Waals surface area contributed by atoms with E-state index < -0.39 is 0 Å². The van der Waals surface area contributed by atoms with Crippen LogP contribution in [-0.4, -0.2) is 4.98 Å². The minimum absolute atomic E-state index is 0. The summed E-state index contributed by atoms with van der Waals surface area (Å²) < 4.78 is 0. The topological polar surface area (TPSA) is 12.9 Å². The monoisotopic (exact) mass is 619 g/mol. The maximum atomic E-state index is 4.92. The SMILES string of the molecule is CC(C)(C)c1ccc2c[c-]c(-c3nccc4c3C(C)(C)c3cc5ccccc5cc3-4)cc2c1.[Ir]. The standard InChI is InChI=1S/C32H28N.Ir/c1-31(2,3)25-13-12-20-10-11-23(16-24(20)17-25)30-29-26(14-15-33-30)27-18-21-8-6-7-9-22(21)19-28(27)32(29,4)5;/h6-10,12-19H,1-5H3;/q-1;. The van der Waals surface area contributed by atoms with E-state index in [-0.39, 0.29) is 30.9 Å². The Bertz CT molecular complexity index is 1570. The second kappa shape index (κ2) is 7.87. The molecular weight excluding hydrogens is 591 g/mol. The van der Waals surface area contributed by atoms with Gasteiger partial charge in [-0.25, -0.2) is 0 Å². The van der Waals surface area contributed by atoms with Gasteiger partial charge in [-0.1, -0.05) is 82.5 Å². The molecule has 1 heterocycles. The molecule has 0 atom stereocenters. The number of aromatic nitrogens is 1. The van der Waals surface area contributed by atoms with Crippen LogP contribution < -0.4 is 0 Å². The number of hydrogen-bond donors (Lipinski definition) is 0. The van der Waals surface area contributed by atoms with Crippen LogP contribution in [0.15, 0.2) is 79.0 Å². The smallest absolute Gasteiger partial charge is 0.0167 e. The zero-order valence-corrected chi connectivity index (χ0v) is 22.7. The summed E-state index contributed by atoms with van der Waals surface area (Å²) in [6.07, 6.45) is 1.96. The minimum atomic E-state index is -0.131. The first kappa shape index (κ1) is 23.0. The fourth-order valence-corrected chi connectivity index (χ4v) is 5.43. The van der Waals surface area contributed by atoms with Gasteiger partial charge in [-0.2, -0.15) is 0 Å². The summed E-state index contributed by atoms with van der Waals surface area (Å²) in [5.74, 6) is 0. The van der Waals surface area contributed by atoms with Gasteiger partial charge in [-0.05, 0) is 67.9 Å². The molecule has 5 aromatic rings. The van der Waals surface area contributed by atoms with Crippen LogP contribution in [0, 0.1) is 6.07 Å². The van der Waals surface area contributed by atoms with Gasteiger partial charge in [0.1, 0.15) is 0 Å². The first-order chi connectivity index (χ1) is 15.7. The van der Waals surface area contributed by atoms with Crippen LogP contribution in [-0.2, 0) is 30.9 Å². The van der Waals surface area contributed by atoms with Crippen molar-refractivity contribution in [2.24, 2.45) is 0 Å². The Kier molecular flexibility index (Phi) is 5.32. The first-order valence-corrected chi connectivity index (χ1v) is 11.7. The molecule has 1 radical (unpaired) electrons. The van der Waals surface area contributed by atoms with Gasteiger partial charge in [0.25, 0.3) is 0 Å². The molecule has 0 fully saturated rings. The van der Waals surface area contributed by atoms with Gasteiger partial charge in [0.05, 0.1) is 0 Å². The number of rotatable bonds is 1. The molecule has 4 aromatic carbocycles. The third-order valence-electron chi connectivity index (χ3n) is 7.32. The number of fused-ring (bicyclic) bond motifs is 5. The fraction of sp³-hybridized carbons (Fsp3) is 0.219. The van der Waals surface area contributed by atoms with Crippen molar-refractivity contribution in [1.29, 1.82) is 0 Å². The van der Waals surface area contributed by atoms with Gasteiger partial charge < -0.3 is 4.98 Å². The molecule has 0 unspecified atom stereocenters. The summed E-state index contributed by atoms with van der Waals surface area (Å²) in [7, 11) is 0. The molecule has 171 valence electrons. The molecule has 6 rings (SSSR count). The Morgan fingerprint density at radius 3 is 2.24 bits per heavy atom. The van der Waals surface area contributed by atoms with Crippen molar-refractivity contribution < 1.29 is 20.1 Å². The molecule has 0 spiro atoms. The molecule has 0 saturated carbocycles. The van der Waals surface area contributed by atoms with Crippen LogP contribution in [0.5, 0.6) is 0 Å². The molecule has 2 heteroatoms. The van der Waals surface area contributed by atoms with Crippen molar-refractivity contribution in [1.82, 2.24) is 4.98 Å². The summed E-state index contributed by atoms with van der Waals surface area (Å²) in [6, 6.07) is 30.2. The average Bonchev–Trinajstić information content (AvgIpc) is 3.03. The number of benzene rings is 4. The number of hydrogen-bond acceptors (Lipinski definition) is 1. The van der Waals surface area contributed by atoms with Gasteiger partial charge in [0, 0.05) is 31.7 Å². The van der Waals surface area contributed by atoms with Crippen LogP contribution in [0.25, 0.3) is 43.9 Å².